The Bertz CT molecular complexity index is 247. The fourth-order valence-electron chi connectivity index (χ4n) is 3.99. The van der Waals surface area contributed by atoms with Crippen LogP contribution in [0, 0.1) is 17.8 Å². The van der Waals surface area contributed by atoms with Gasteiger partial charge in [0.1, 0.15) is 0 Å². The molecule has 2 aliphatic rings. The highest BCUT2D eigenvalue weighted by atomic mass is 16.3. The lowest BCUT2D eigenvalue weighted by atomic mass is 9.78. The molecule has 0 aliphatic heterocycles. The molecule has 0 heterocycles. The topological polar surface area (TPSA) is 58.3 Å². The molecule has 0 aromatic heterocycles. The maximum Gasteiger partial charge on any atom is 0.0474 e. The van der Waals surface area contributed by atoms with Crippen molar-refractivity contribution >= 4 is 0 Å². The van der Waals surface area contributed by atoms with Crippen molar-refractivity contribution in [3.8, 4) is 0 Å². The molecule has 2 saturated carbocycles. The Morgan fingerprint density at radius 3 is 2.67 bits per heavy atom. The molecule has 3 heteroatoms. The molecule has 2 rings (SSSR count). The van der Waals surface area contributed by atoms with Crippen LogP contribution in [0.3, 0.4) is 0 Å². The van der Waals surface area contributed by atoms with E-state index in [2.05, 4.69) is 12.2 Å². The van der Waals surface area contributed by atoms with Crippen molar-refractivity contribution < 1.29 is 5.11 Å². The van der Waals surface area contributed by atoms with E-state index in [4.69, 9.17) is 5.73 Å². The van der Waals surface area contributed by atoms with Crippen LogP contribution in [0.1, 0.15) is 51.9 Å². The average molecular weight is 254 g/mol. The van der Waals surface area contributed by atoms with Gasteiger partial charge in [0.2, 0.25) is 0 Å². The summed E-state index contributed by atoms with van der Waals surface area (Å²) in [7, 11) is 0. The second-order valence-electron chi connectivity index (χ2n) is 6.52. The summed E-state index contributed by atoms with van der Waals surface area (Å²) in [5.41, 5.74) is 5.99. The van der Waals surface area contributed by atoms with Gasteiger partial charge in [0.25, 0.3) is 0 Å². The summed E-state index contributed by atoms with van der Waals surface area (Å²) in [6.07, 6.45) is 9.04. The first-order valence-electron chi connectivity index (χ1n) is 7.81. The summed E-state index contributed by atoms with van der Waals surface area (Å²) in [5, 5.41) is 13.2. The number of rotatable bonds is 5. The molecule has 0 aromatic rings. The minimum atomic E-state index is 0.329. The van der Waals surface area contributed by atoms with E-state index in [1.807, 2.05) is 0 Å². The molecule has 2 fully saturated rings. The van der Waals surface area contributed by atoms with E-state index in [1.54, 1.807) is 0 Å². The zero-order chi connectivity index (χ0) is 13.0. The molecule has 0 spiro atoms. The van der Waals surface area contributed by atoms with Crippen molar-refractivity contribution in [1.29, 1.82) is 0 Å². The third-order valence-electron chi connectivity index (χ3n) is 5.12. The van der Waals surface area contributed by atoms with Gasteiger partial charge in [-0.25, -0.2) is 0 Å². The monoisotopic (exact) mass is 254 g/mol. The first kappa shape index (κ1) is 14.3. The van der Waals surface area contributed by atoms with E-state index in [0.717, 1.165) is 18.4 Å². The van der Waals surface area contributed by atoms with Crippen LogP contribution in [-0.4, -0.2) is 30.3 Å². The van der Waals surface area contributed by atoms with Crippen molar-refractivity contribution in [2.24, 2.45) is 23.5 Å². The zero-order valence-corrected chi connectivity index (χ0v) is 11.8. The van der Waals surface area contributed by atoms with E-state index in [9.17, 15) is 5.11 Å². The van der Waals surface area contributed by atoms with Crippen LogP contribution in [0.2, 0.25) is 0 Å². The highest BCUT2D eigenvalue weighted by molar-refractivity contribution is 4.89. The van der Waals surface area contributed by atoms with Gasteiger partial charge < -0.3 is 16.2 Å². The van der Waals surface area contributed by atoms with Gasteiger partial charge in [-0.2, -0.15) is 0 Å². The number of aliphatic hydroxyl groups excluding tert-OH is 1. The predicted molar refractivity (Wildman–Crippen MR) is 75.3 cm³/mol. The molecule has 0 radical (unpaired) electrons. The third-order valence-corrected chi connectivity index (χ3v) is 5.12. The van der Waals surface area contributed by atoms with E-state index in [0.29, 0.717) is 24.6 Å². The number of hydrogen-bond donors (Lipinski definition) is 3. The van der Waals surface area contributed by atoms with Gasteiger partial charge in [-0.3, -0.25) is 0 Å². The lowest BCUT2D eigenvalue weighted by Crippen LogP contribution is -2.49. The Labute approximate surface area is 112 Å². The van der Waals surface area contributed by atoms with E-state index in [-0.39, 0.29) is 0 Å². The molecule has 18 heavy (non-hydrogen) atoms. The summed E-state index contributed by atoms with van der Waals surface area (Å²) in [5.74, 6) is 2.07. The summed E-state index contributed by atoms with van der Waals surface area (Å²) in [6.45, 7) is 3.44. The van der Waals surface area contributed by atoms with E-state index >= 15 is 0 Å². The first-order chi connectivity index (χ1) is 8.74. The van der Waals surface area contributed by atoms with Crippen LogP contribution in [0.15, 0.2) is 0 Å². The molecule has 106 valence electrons. The van der Waals surface area contributed by atoms with Crippen molar-refractivity contribution in [2.45, 2.75) is 64.0 Å². The lowest BCUT2D eigenvalue weighted by Gasteiger charge is -2.36. The lowest BCUT2D eigenvalue weighted by molar-refractivity contribution is 0.171. The van der Waals surface area contributed by atoms with E-state index < -0.39 is 0 Å². The van der Waals surface area contributed by atoms with Gasteiger partial charge in [0.15, 0.2) is 0 Å². The molecule has 5 atom stereocenters. The largest absolute Gasteiger partial charge is 0.396 e. The molecule has 4 N–H and O–H groups in total. The molecule has 0 amide bonds. The zero-order valence-electron chi connectivity index (χ0n) is 11.8. The van der Waals surface area contributed by atoms with E-state index in [1.165, 1.54) is 44.9 Å². The molecule has 5 unspecified atom stereocenters. The number of hydrogen-bond acceptors (Lipinski definition) is 3. The smallest absolute Gasteiger partial charge is 0.0474 e. The second-order valence-corrected chi connectivity index (χ2v) is 6.52. The standard InChI is InChI=1S/C15H30N2O/c1-11-4-2-5-12(8-11)15(9-16)17-14-7-3-6-13(14)10-18/h11-15,17-18H,2-10,16H2,1H3. The number of aliphatic hydroxyl groups is 1. The Morgan fingerprint density at radius 2 is 2.00 bits per heavy atom. The van der Waals surface area contributed by atoms with Crippen LogP contribution in [-0.2, 0) is 0 Å². The molecule has 3 nitrogen and oxygen atoms in total. The van der Waals surface area contributed by atoms with Gasteiger partial charge in [0, 0.05) is 25.2 Å². The Hall–Kier alpha value is -0.120. The van der Waals surface area contributed by atoms with Crippen LogP contribution < -0.4 is 11.1 Å². The summed E-state index contributed by atoms with van der Waals surface area (Å²) in [4.78, 5) is 0. The number of nitrogens with two attached hydrogens (primary N) is 1. The Morgan fingerprint density at radius 1 is 1.22 bits per heavy atom. The fraction of sp³-hybridized carbons (Fsp3) is 1.00. The van der Waals surface area contributed by atoms with Gasteiger partial charge in [0.05, 0.1) is 0 Å². The van der Waals surface area contributed by atoms with Crippen LogP contribution in [0.5, 0.6) is 0 Å². The highest BCUT2D eigenvalue weighted by Gasteiger charge is 2.32. The predicted octanol–water partition coefficient (Wildman–Crippen LogP) is 1.89. The summed E-state index contributed by atoms with van der Waals surface area (Å²) in [6, 6.07) is 0.964. The average Bonchev–Trinajstić information content (AvgIpc) is 2.83. The summed E-state index contributed by atoms with van der Waals surface area (Å²) >= 11 is 0. The highest BCUT2D eigenvalue weighted by Crippen LogP contribution is 2.32. The van der Waals surface area contributed by atoms with Crippen molar-refractivity contribution in [3.05, 3.63) is 0 Å². The second kappa shape index (κ2) is 6.88. The van der Waals surface area contributed by atoms with Gasteiger partial charge in [-0.1, -0.05) is 26.2 Å². The van der Waals surface area contributed by atoms with Gasteiger partial charge >= 0.3 is 0 Å². The minimum absolute atomic E-state index is 0.329. The van der Waals surface area contributed by atoms with Crippen LogP contribution in [0.25, 0.3) is 0 Å². The number of nitrogens with one attached hydrogen (secondary N) is 1. The molecular weight excluding hydrogens is 224 g/mol. The molecule has 2 aliphatic carbocycles. The molecule has 0 bridgehead atoms. The maximum absolute atomic E-state index is 9.40. The van der Waals surface area contributed by atoms with Crippen molar-refractivity contribution in [1.82, 2.24) is 5.32 Å². The molecule has 0 saturated heterocycles. The summed E-state index contributed by atoms with van der Waals surface area (Å²) < 4.78 is 0. The van der Waals surface area contributed by atoms with Crippen LogP contribution >= 0.6 is 0 Å². The van der Waals surface area contributed by atoms with Gasteiger partial charge in [-0.15, -0.1) is 0 Å². The van der Waals surface area contributed by atoms with Crippen molar-refractivity contribution in [2.75, 3.05) is 13.2 Å². The van der Waals surface area contributed by atoms with Crippen molar-refractivity contribution in [3.63, 3.8) is 0 Å². The first-order valence-corrected chi connectivity index (χ1v) is 7.81. The maximum atomic E-state index is 9.40. The quantitative estimate of drug-likeness (QED) is 0.702. The Kier molecular flexibility index (Phi) is 5.46. The van der Waals surface area contributed by atoms with Crippen LogP contribution in [0.4, 0.5) is 0 Å². The normalized spacial score (nSPS) is 38.8. The molecule has 0 aromatic carbocycles. The SMILES string of the molecule is CC1CCCC(C(CN)NC2CCCC2CO)C1. The van der Waals surface area contributed by atoms with Gasteiger partial charge in [-0.05, 0) is 43.4 Å². The fourth-order valence-corrected chi connectivity index (χ4v) is 3.99. The molecular formula is C15H30N2O. The Balaban J connectivity index is 1.88. The minimum Gasteiger partial charge on any atom is -0.396 e. The third kappa shape index (κ3) is 3.46.